The maximum absolute atomic E-state index is 6.09. The van der Waals surface area contributed by atoms with E-state index in [4.69, 9.17) is 5.73 Å². The van der Waals surface area contributed by atoms with Gasteiger partial charge in [0.15, 0.2) is 0 Å². The first-order valence-corrected chi connectivity index (χ1v) is 5.40. The minimum absolute atomic E-state index is 0.220. The summed E-state index contributed by atoms with van der Waals surface area (Å²) in [6, 6.07) is 6.83. The van der Waals surface area contributed by atoms with Crippen LogP contribution < -0.4 is 5.73 Å². The van der Waals surface area contributed by atoms with Gasteiger partial charge in [-0.25, -0.2) is 0 Å². The van der Waals surface area contributed by atoms with Gasteiger partial charge in [-0.15, -0.1) is 0 Å². The highest BCUT2D eigenvalue weighted by Crippen LogP contribution is 2.66. The number of rotatable bonds is 1. The fourth-order valence-electron chi connectivity index (χ4n) is 3.56. The minimum atomic E-state index is 0.220. The molecule has 3 aliphatic rings. The molecule has 3 saturated carbocycles. The molecule has 1 aromatic carbocycles. The van der Waals surface area contributed by atoms with Gasteiger partial charge in [0.25, 0.3) is 0 Å². The first-order chi connectivity index (χ1) is 6.53. The molecular formula is C13H17N. The van der Waals surface area contributed by atoms with E-state index in [0.29, 0.717) is 5.41 Å². The van der Waals surface area contributed by atoms with Gasteiger partial charge in [-0.3, -0.25) is 0 Å². The first-order valence-electron chi connectivity index (χ1n) is 5.40. The highest BCUT2D eigenvalue weighted by molar-refractivity contribution is 5.46. The summed E-state index contributed by atoms with van der Waals surface area (Å²) in [6.07, 6.45) is 3.64. The highest BCUT2D eigenvalue weighted by Gasteiger charge is 2.66. The van der Waals surface area contributed by atoms with E-state index in [1.54, 1.807) is 5.56 Å². The molecule has 3 aliphatic carbocycles. The van der Waals surface area contributed by atoms with E-state index in [2.05, 4.69) is 32.0 Å². The average Bonchev–Trinajstić information content (AvgIpc) is 1.98. The molecule has 1 aromatic rings. The van der Waals surface area contributed by atoms with Crippen LogP contribution >= 0.6 is 0 Å². The van der Waals surface area contributed by atoms with Gasteiger partial charge in [0.1, 0.15) is 0 Å². The molecule has 74 valence electrons. The van der Waals surface area contributed by atoms with Gasteiger partial charge in [-0.1, -0.05) is 23.8 Å². The molecule has 0 heterocycles. The fourth-order valence-corrected chi connectivity index (χ4v) is 3.56. The summed E-state index contributed by atoms with van der Waals surface area (Å²) in [6.45, 7) is 4.38. The van der Waals surface area contributed by atoms with Gasteiger partial charge in [0.05, 0.1) is 0 Å². The molecule has 0 amide bonds. The van der Waals surface area contributed by atoms with Crippen molar-refractivity contribution < 1.29 is 0 Å². The zero-order valence-electron chi connectivity index (χ0n) is 8.93. The van der Waals surface area contributed by atoms with Crippen molar-refractivity contribution in [2.75, 3.05) is 0 Å². The number of aryl methyl sites for hydroxylation is 2. The third kappa shape index (κ3) is 0.885. The minimum Gasteiger partial charge on any atom is -0.325 e. The molecule has 1 heteroatoms. The van der Waals surface area contributed by atoms with E-state index in [1.807, 2.05) is 0 Å². The second-order valence-electron chi connectivity index (χ2n) is 5.49. The van der Waals surface area contributed by atoms with Crippen LogP contribution in [0.3, 0.4) is 0 Å². The first kappa shape index (κ1) is 8.49. The molecule has 1 nitrogen and oxygen atoms in total. The number of benzene rings is 1. The van der Waals surface area contributed by atoms with E-state index in [1.165, 1.54) is 30.4 Å². The van der Waals surface area contributed by atoms with Crippen LogP contribution in [0.15, 0.2) is 18.2 Å². The van der Waals surface area contributed by atoms with Crippen molar-refractivity contribution in [3.05, 3.63) is 34.9 Å². The molecule has 4 rings (SSSR count). The average molecular weight is 187 g/mol. The van der Waals surface area contributed by atoms with Crippen molar-refractivity contribution in [2.24, 2.45) is 5.73 Å². The van der Waals surface area contributed by atoms with Crippen molar-refractivity contribution in [1.82, 2.24) is 0 Å². The van der Waals surface area contributed by atoms with Crippen LogP contribution in [0.2, 0.25) is 0 Å². The highest BCUT2D eigenvalue weighted by atomic mass is 14.9. The maximum Gasteiger partial charge on any atom is 0.0179 e. The molecule has 0 atom stereocenters. The zero-order valence-corrected chi connectivity index (χ0v) is 8.93. The van der Waals surface area contributed by atoms with Gasteiger partial charge in [0.2, 0.25) is 0 Å². The Kier molecular flexibility index (Phi) is 1.35. The Bertz CT molecular complexity index is 386. The topological polar surface area (TPSA) is 26.0 Å². The summed E-state index contributed by atoms with van der Waals surface area (Å²) in [4.78, 5) is 0. The SMILES string of the molecule is Cc1ccc(C23CC(N)(C2)C3)c(C)c1. The van der Waals surface area contributed by atoms with E-state index in [0.717, 1.165) is 0 Å². The third-order valence-electron chi connectivity index (χ3n) is 4.02. The lowest BCUT2D eigenvalue weighted by atomic mass is 9.37. The predicted molar refractivity (Wildman–Crippen MR) is 58.4 cm³/mol. The molecule has 3 fully saturated rings. The molecule has 2 bridgehead atoms. The Balaban J connectivity index is 1.99. The third-order valence-corrected chi connectivity index (χ3v) is 4.02. The second kappa shape index (κ2) is 2.22. The summed E-state index contributed by atoms with van der Waals surface area (Å²) < 4.78 is 0. The quantitative estimate of drug-likeness (QED) is 0.718. The van der Waals surface area contributed by atoms with Crippen molar-refractivity contribution in [2.45, 2.75) is 44.1 Å². The smallest absolute Gasteiger partial charge is 0.0179 e. The number of hydrogen-bond donors (Lipinski definition) is 1. The summed E-state index contributed by atoms with van der Waals surface area (Å²) >= 11 is 0. The Morgan fingerprint density at radius 2 is 1.79 bits per heavy atom. The van der Waals surface area contributed by atoms with Crippen LogP contribution in [0, 0.1) is 13.8 Å². The molecule has 0 aromatic heterocycles. The molecule has 2 N–H and O–H groups in total. The Labute approximate surface area is 85.3 Å². The van der Waals surface area contributed by atoms with Crippen LogP contribution in [0.5, 0.6) is 0 Å². The van der Waals surface area contributed by atoms with Gasteiger partial charge >= 0.3 is 0 Å². The standard InChI is InChI=1S/C13H17N/c1-9-3-4-11(10(2)5-9)12-6-13(14,7-12)8-12/h3-5H,6-8,14H2,1-2H3. The van der Waals surface area contributed by atoms with Gasteiger partial charge < -0.3 is 5.73 Å². The summed E-state index contributed by atoms with van der Waals surface area (Å²) in [5.41, 5.74) is 11.2. The maximum atomic E-state index is 6.09. The summed E-state index contributed by atoms with van der Waals surface area (Å²) in [7, 11) is 0. The Morgan fingerprint density at radius 1 is 1.14 bits per heavy atom. The van der Waals surface area contributed by atoms with Crippen LogP contribution in [0.25, 0.3) is 0 Å². The molecule has 0 radical (unpaired) electrons. The largest absolute Gasteiger partial charge is 0.325 e. The van der Waals surface area contributed by atoms with Crippen LogP contribution in [-0.2, 0) is 5.41 Å². The van der Waals surface area contributed by atoms with Crippen molar-refractivity contribution in [1.29, 1.82) is 0 Å². The van der Waals surface area contributed by atoms with Crippen molar-refractivity contribution in [3.63, 3.8) is 0 Å². The zero-order chi connectivity index (χ0) is 9.97. The van der Waals surface area contributed by atoms with Gasteiger partial charge in [-0.05, 0) is 44.2 Å². The van der Waals surface area contributed by atoms with Crippen LogP contribution in [0.1, 0.15) is 36.0 Å². The Hall–Kier alpha value is -0.820. The molecule has 0 saturated heterocycles. The second-order valence-corrected chi connectivity index (χ2v) is 5.49. The van der Waals surface area contributed by atoms with Gasteiger partial charge in [-0.2, -0.15) is 0 Å². The molecule has 0 spiro atoms. The molecule has 0 unspecified atom stereocenters. The summed E-state index contributed by atoms with van der Waals surface area (Å²) in [5.74, 6) is 0. The van der Waals surface area contributed by atoms with Crippen molar-refractivity contribution in [3.8, 4) is 0 Å². The van der Waals surface area contributed by atoms with Crippen LogP contribution in [-0.4, -0.2) is 5.54 Å². The number of nitrogens with two attached hydrogens (primary N) is 1. The lowest BCUT2D eigenvalue weighted by Gasteiger charge is -2.69. The van der Waals surface area contributed by atoms with E-state index >= 15 is 0 Å². The molecule has 14 heavy (non-hydrogen) atoms. The fraction of sp³-hybridized carbons (Fsp3) is 0.538. The van der Waals surface area contributed by atoms with E-state index < -0.39 is 0 Å². The predicted octanol–water partition coefficient (Wildman–Crippen LogP) is 2.44. The lowest BCUT2D eigenvalue weighted by molar-refractivity contribution is -0.0594. The van der Waals surface area contributed by atoms with E-state index in [9.17, 15) is 0 Å². The normalized spacial score (nSPS) is 38.8. The summed E-state index contributed by atoms with van der Waals surface area (Å²) in [5, 5.41) is 0. The van der Waals surface area contributed by atoms with Crippen LogP contribution in [0.4, 0.5) is 0 Å². The molecular weight excluding hydrogens is 170 g/mol. The van der Waals surface area contributed by atoms with Gasteiger partial charge in [0, 0.05) is 11.0 Å². The van der Waals surface area contributed by atoms with E-state index in [-0.39, 0.29) is 5.54 Å². The Morgan fingerprint density at radius 3 is 2.29 bits per heavy atom. The monoisotopic (exact) mass is 187 g/mol. The molecule has 0 aliphatic heterocycles. The lowest BCUT2D eigenvalue weighted by Crippen LogP contribution is -2.74. The number of hydrogen-bond acceptors (Lipinski definition) is 1. The van der Waals surface area contributed by atoms with Crippen molar-refractivity contribution >= 4 is 0 Å².